The lowest BCUT2D eigenvalue weighted by Gasteiger charge is -2.13. The number of fused-ring (bicyclic) bond motifs is 4. The maximum Gasteiger partial charge on any atom is 0.490 e. The fraction of sp³-hybridized carbons (Fsp3) is 0.154. The minimum atomic E-state index is -5.08. The molecule has 105 heavy (non-hydrogen) atoms. The molecule has 17 N–H and O–H groups in total. The van der Waals surface area contributed by atoms with E-state index in [0.29, 0.717) is 34.8 Å². The predicted octanol–water partition coefficient (Wildman–Crippen LogP) is 13.6. The van der Waals surface area contributed by atoms with Crippen molar-refractivity contribution in [3.63, 3.8) is 0 Å². The quantitative estimate of drug-likeness (QED) is 0.0158. The van der Waals surface area contributed by atoms with Crippen molar-refractivity contribution < 1.29 is 121 Å². The summed E-state index contributed by atoms with van der Waals surface area (Å²) in [6, 6.07) is 47.2. The monoisotopic (exact) mass is 1560 g/mol. The number of nitrogens with zero attached hydrogens (tertiary/aromatic N) is 2. The van der Waals surface area contributed by atoms with Gasteiger partial charge >= 0.3 is 48.6 Å². The SMILES string of the molecule is CC(=O)c1ccc2cc(C(=N)N)sc2c1.CON(C)C(=O)c1ccc2cc(C(=N)N)sc2c1.N#Cc1ccccc1COc1ccc2cc(C(=N)N)sc2c1.N=C(N)c1cc2ccc(OCc3cccc(CO)c3)cc2s1.O=C(O)C(F)(F)F.O=C(O)C(F)(F)F.O=C(O)C(F)(F)F.O=C(O)C(F)(F)F. The number of nitrogens with one attached hydrogen (secondary N) is 4. The third-order valence-electron chi connectivity index (χ3n) is 12.4. The van der Waals surface area contributed by atoms with E-state index in [-0.39, 0.29) is 41.6 Å². The largest absolute Gasteiger partial charge is 0.490 e. The molecule has 10 rings (SSSR count). The summed E-state index contributed by atoms with van der Waals surface area (Å²) in [5.74, 6) is -9.40. The van der Waals surface area contributed by atoms with Crippen molar-refractivity contribution in [1.82, 2.24) is 5.06 Å². The Morgan fingerprint density at radius 2 is 0.790 bits per heavy atom. The van der Waals surface area contributed by atoms with Gasteiger partial charge in [0.1, 0.15) is 48.1 Å². The van der Waals surface area contributed by atoms with Crippen molar-refractivity contribution in [1.29, 1.82) is 26.9 Å². The Labute approximate surface area is 599 Å². The van der Waals surface area contributed by atoms with Crippen molar-refractivity contribution in [2.75, 3.05) is 14.2 Å². The van der Waals surface area contributed by atoms with Gasteiger partial charge in [-0.15, -0.1) is 45.3 Å². The topological polar surface area (TPSA) is 458 Å². The maximum atomic E-state index is 11.9. The average molecular weight is 1560 g/mol. The van der Waals surface area contributed by atoms with E-state index in [1.807, 2.05) is 121 Å². The van der Waals surface area contributed by atoms with Crippen LogP contribution in [-0.2, 0) is 43.8 Å². The zero-order valence-electron chi connectivity index (χ0n) is 53.8. The van der Waals surface area contributed by atoms with Crippen LogP contribution in [0.1, 0.15) is 69.4 Å². The lowest BCUT2D eigenvalue weighted by molar-refractivity contribution is -0.193. The van der Waals surface area contributed by atoms with E-state index in [4.69, 9.17) is 109 Å². The van der Waals surface area contributed by atoms with Gasteiger partial charge in [-0.2, -0.15) is 57.9 Å². The number of nitrogens with two attached hydrogens (primary N) is 4. The molecule has 558 valence electrons. The minimum Gasteiger partial charge on any atom is -0.489 e. The number of carbonyl (C=O) groups is 6. The van der Waals surface area contributed by atoms with Crippen molar-refractivity contribution in [2.45, 2.75) is 51.4 Å². The maximum absolute atomic E-state index is 11.9. The summed E-state index contributed by atoms with van der Waals surface area (Å²) in [5, 5.41) is 81.7. The van der Waals surface area contributed by atoms with Crippen LogP contribution in [0, 0.1) is 33.0 Å². The number of alkyl halides is 12. The smallest absolute Gasteiger partial charge is 0.489 e. The van der Waals surface area contributed by atoms with Gasteiger partial charge in [-0.25, -0.2) is 24.2 Å². The molecule has 4 aromatic heterocycles. The van der Waals surface area contributed by atoms with Gasteiger partial charge in [-0.05, 0) is 125 Å². The lowest BCUT2D eigenvalue weighted by Crippen LogP contribution is -2.25. The van der Waals surface area contributed by atoms with E-state index in [0.717, 1.165) is 83.2 Å². The summed E-state index contributed by atoms with van der Waals surface area (Å²) in [6.07, 6.45) is -20.3. The molecule has 6 aromatic carbocycles. The Bertz CT molecular complexity index is 4730. The predicted molar refractivity (Wildman–Crippen MR) is 367 cm³/mol. The number of amides is 1. The van der Waals surface area contributed by atoms with Gasteiger partial charge in [0.2, 0.25) is 0 Å². The average Bonchev–Trinajstić information content (AvgIpc) is 1.71. The molecule has 0 aliphatic carbocycles. The van der Waals surface area contributed by atoms with E-state index in [2.05, 4.69) is 6.07 Å². The number of ketones is 1. The van der Waals surface area contributed by atoms with E-state index < -0.39 is 48.6 Å². The first-order valence-electron chi connectivity index (χ1n) is 28.2. The van der Waals surface area contributed by atoms with Gasteiger partial charge in [0.15, 0.2) is 5.78 Å². The van der Waals surface area contributed by atoms with Crippen LogP contribution in [0.25, 0.3) is 40.3 Å². The highest BCUT2D eigenvalue weighted by Gasteiger charge is 2.40. The fourth-order valence-electron chi connectivity index (χ4n) is 7.31. The molecule has 0 fully saturated rings. The zero-order valence-corrected chi connectivity index (χ0v) is 57.0. The van der Waals surface area contributed by atoms with Crippen LogP contribution in [0.3, 0.4) is 0 Å². The Balaban J connectivity index is 0.000000326. The number of halogens is 12. The second-order valence-corrected chi connectivity index (χ2v) is 24.4. The molecule has 0 aliphatic rings. The summed E-state index contributed by atoms with van der Waals surface area (Å²) >= 11 is 5.78. The second kappa shape index (κ2) is 39.0. The second-order valence-electron chi connectivity index (χ2n) is 20.1. The third-order valence-corrected chi connectivity index (χ3v) is 16.9. The van der Waals surface area contributed by atoms with Gasteiger partial charge in [-0.1, -0.05) is 60.7 Å². The molecule has 1 amide bonds. The molecule has 24 nitrogen and oxygen atoms in total. The van der Waals surface area contributed by atoms with E-state index in [1.165, 1.54) is 57.5 Å². The number of ether oxygens (including phenoxy) is 2. The molecule has 0 spiro atoms. The molecule has 0 radical (unpaired) electrons. The van der Waals surface area contributed by atoms with Gasteiger partial charge in [0.25, 0.3) is 5.91 Å². The van der Waals surface area contributed by atoms with Crippen LogP contribution >= 0.6 is 45.3 Å². The van der Waals surface area contributed by atoms with Crippen LogP contribution in [0.15, 0.2) is 146 Å². The number of hydrogen-bond acceptors (Lipinski definition) is 19. The van der Waals surface area contributed by atoms with Crippen LogP contribution in [0.5, 0.6) is 11.5 Å². The highest BCUT2D eigenvalue weighted by Crippen LogP contribution is 2.33. The number of carboxylic acid groups (broad SMARTS) is 4. The molecule has 0 unspecified atom stereocenters. The first-order chi connectivity index (χ1) is 48.7. The number of benzene rings is 6. The molecule has 10 aromatic rings. The number of hydrogen-bond donors (Lipinski definition) is 13. The zero-order chi connectivity index (χ0) is 79.6. The van der Waals surface area contributed by atoms with E-state index >= 15 is 0 Å². The molecular formula is C65H56F12N10O14S4. The highest BCUT2D eigenvalue weighted by atomic mass is 32.1. The van der Waals surface area contributed by atoms with E-state index in [9.17, 15) is 62.3 Å². The molecule has 0 bridgehead atoms. The van der Waals surface area contributed by atoms with E-state index in [1.54, 1.807) is 38.2 Å². The summed E-state index contributed by atoms with van der Waals surface area (Å²) in [6.45, 7) is 2.37. The number of amidine groups is 4. The van der Waals surface area contributed by atoms with Crippen LogP contribution < -0.4 is 32.4 Å². The van der Waals surface area contributed by atoms with Crippen LogP contribution in [0.2, 0.25) is 0 Å². The number of rotatable bonds is 14. The molecule has 0 saturated heterocycles. The lowest BCUT2D eigenvalue weighted by atomic mass is 10.1. The Morgan fingerprint density at radius 1 is 0.467 bits per heavy atom. The van der Waals surface area contributed by atoms with Crippen molar-refractivity contribution in [2.24, 2.45) is 22.9 Å². The Hall–Kier alpha value is -11.8. The number of carboxylic acids is 4. The van der Waals surface area contributed by atoms with Crippen molar-refractivity contribution >= 4 is 145 Å². The third kappa shape index (κ3) is 28.9. The van der Waals surface area contributed by atoms with Crippen molar-refractivity contribution in [3.8, 4) is 17.6 Å². The minimum absolute atomic E-state index is 0.0306. The first-order valence-corrected chi connectivity index (χ1v) is 31.4. The molecular weight excluding hydrogens is 1500 g/mol. The first kappa shape index (κ1) is 87.4. The summed E-state index contributed by atoms with van der Waals surface area (Å²) < 4.78 is 143. The molecule has 4 heterocycles. The van der Waals surface area contributed by atoms with Crippen molar-refractivity contribution in [3.05, 3.63) is 198 Å². The number of hydroxylamine groups is 2. The van der Waals surface area contributed by atoms with Crippen LogP contribution in [0.4, 0.5) is 52.7 Å². The summed E-state index contributed by atoms with van der Waals surface area (Å²) in [7, 11) is 3.00. The molecule has 0 atom stereocenters. The van der Waals surface area contributed by atoms with Gasteiger partial charge in [-0.3, -0.25) is 36.1 Å². The van der Waals surface area contributed by atoms with Crippen LogP contribution in [-0.4, -0.2) is 128 Å². The number of thiophene rings is 4. The van der Waals surface area contributed by atoms with Gasteiger partial charge in [0.05, 0.1) is 44.9 Å². The molecule has 40 heteroatoms. The molecule has 0 aliphatic heterocycles. The fourth-order valence-corrected chi connectivity index (χ4v) is 11.1. The number of aliphatic carboxylic acids is 4. The number of carbonyl (C=O) groups excluding carboxylic acids is 2. The van der Waals surface area contributed by atoms with Gasteiger partial charge in [0, 0.05) is 42.5 Å². The number of nitrogen functional groups attached to an aromatic ring is 4. The Kier molecular flexibility index (Phi) is 32.5. The number of nitriles is 1. The number of aliphatic hydroxyl groups excluding tert-OH is 1. The molecule has 0 saturated carbocycles. The standard InChI is InChI=1S/C17H13N3OS.C17H16N2O2S.C12H13N3O2S.C11H10N2OS.4C2HF3O2/c18-9-12-3-1-2-4-13(12)10-21-14-6-5-11-7-16(17(19)20)22-15(11)8-14;18-17(19)16-7-13-4-5-14(8-15(13)22-16)21-10-12-3-1-2-11(6-12)9-20;1-15(17-2)12(16)8-4-3-7-5-10(11(13)14)18-9(7)6-8;1-6(14)7-2-3-8-5-10(11(12)13)15-9(8)4-7;4*3-2(4,5)1(6)7/h1-8H,10H2,(H3,19,20);1-8,20H,9-10H2,(H3,18,19);3-6H,1-2H3,(H3,13,14);2-5H,1H3,(H3,12,13);4*(H,6,7). The summed E-state index contributed by atoms with van der Waals surface area (Å²) in [5.41, 5.74) is 26.5. The summed E-state index contributed by atoms with van der Waals surface area (Å²) in [4.78, 5) is 66.5. The normalized spacial score (nSPS) is 10.7. The van der Waals surface area contributed by atoms with Gasteiger partial charge < -0.3 is 57.9 Å². The highest BCUT2D eigenvalue weighted by molar-refractivity contribution is 7.22. The Morgan fingerprint density at radius 3 is 1.12 bits per heavy atom. The number of aliphatic hydroxyl groups is 1. The number of Topliss-reactive ketones (excluding diaryl/α,β-unsaturated/α-hetero) is 1.